The van der Waals surface area contributed by atoms with Gasteiger partial charge in [-0.05, 0) is 67.1 Å². The maximum atomic E-state index is 13.5. The fourth-order valence-electron chi connectivity index (χ4n) is 3.40. The van der Waals surface area contributed by atoms with Crippen molar-refractivity contribution in [2.45, 2.75) is 30.2 Å². The van der Waals surface area contributed by atoms with E-state index in [1.807, 2.05) is 0 Å². The molecule has 12 heteroatoms. The minimum absolute atomic E-state index is 0.170. The lowest BCUT2D eigenvalue weighted by molar-refractivity contribution is -0.137. The number of amides is 1. The molecule has 0 atom stereocenters. The van der Waals surface area contributed by atoms with E-state index in [9.17, 15) is 30.8 Å². The second kappa shape index (κ2) is 12.9. The molecule has 0 saturated heterocycles. The van der Waals surface area contributed by atoms with Gasteiger partial charge >= 0.3 is 6.18 Å². The maximum Gasteiger partial charge on any atom is 0.417 e. The van der Waals surface area contributed by atoms with Crippen LogP contribution in [0.2, 0.25) is 5.02 Å². The number of thioether (sulfide) groups is 1. The van der Waals surface area contributed by atoms with E-state index in [0.717, 1.165) is 23.3 Å². The number of nitrogens with zero attached hydrogens (tertiary/aromatic N) is 1. The van der Waals surface area contributed by atoms with Gasteiger partial charge in [-0.2, -0.15) is 24.9 Å². The van der Waals surface area contributed by atoms with Crippen molar-refractivity contribution in [3.63, 3.8) is 0 Å². The van der Waals surface area contributed by atoms with Crippen LogP contribution >= 0.6 is 23.4 Å². The van der Waals surface area contributed by atoms with E-state index >= 15 is 0 Å². The summed E-state index contributed by atoms with van der Waals surface area (Å²) in [6.45, 7) is 1.27. The second-order valence-electron chi connectivity index (χ2n) is 8.37. The number of halogens is 5. The Balaban J connectivity index is 1.70. The Kier molecular flexibility index (Phi) is 10.1. The van der Waals surface area contributed by atoms with Gasteiger partial charge in [0.15, 0.2) is 0 Å². The summed E-state index contributed by atoms with van der Waals surface area (Å²) in [6.07, 6.45) is -4.25. The highest BCUT2D eigenvalue weighted by Gasteiger charge is 2.35. The van der Waals surface area contributed by atoms with Gasteiger partial charge in [0.1, 0.15) is 12.4 Å². The van der Waals surface area contributed by atoms with Crippen molar-refractivity contribution >= 4 is 45.0 Å². The monoisotopic (exact) mass is 588 g/mol. The summed E-state index contributed by atoms with van der Waals surface area (Å²) < 4.78 is 80.8. The summed E-state index contributed by atoms with van der Waals surface area (Å²) in [6, 6.07) is 14.6. The Morgan fingerprint density at radius 1 is 1.03 bits per heavy atom. The number of rotatable bonds is 11. The molecule has 0 spiro atoms. The van der Waals surface area contributed by atoms with Crippen LogP contribution in [-0.2, 0) is 26.7 Å². The fourth-order valence-corrected chi connectivity index (χ4v) is 5.96. The number of carbonyl (C=O) groups excluding carboxylic acids is 1. The van der Waals surface area contributed by atoms with E-state index in [1.165, 1.54) is 24.3 Å². The first-order valence-electron chi connectivity index (χ1n) is 11.4. The van der Waals surface area contributed by atoms with Crippen molar-refractivity contribution < 1.29 is 30.8 Å². The zero-order valence-corrected chi connectivity index (χ0v) is 22.7. The van der Waals surface area contributed by atoms with Gasteiger partial charge in [0.2, 0.25) is 5.91 Å². The van der Waals surface area contributed by atoms with Gasteiger partial charge in [0, 0.05) is 12.3 Å². The molecule has 0 aliphatic carbocycles. The predicted octanol–water partition coefficient (Wildman–Crippen LogP) is 6.44. The molecule has 0 heterocycles. The molecule has 3 aromatic rings. The number of alkyl halides is 3. The van der Waals surface area contributed by atoms with Gasteiger partial charge in [-0.3, -0.25) is 9.10 Å². The topological polar surface area (TPSA) is 66.5 Å². The van der Waals surface area contributed by atoms with E-state index in [4.69, 9.17) is 11.6 Å². The Labute approximate surface area is 228 Å². The molecule has 0 bridgehead atoms. The number of nitrogens with one attached hydrogen (secondary N) is 1. The highest BCUT2D eigenvalue weighted by atomic mass is 35.5. The van der Waals surface area contributed by atoms with Gasteiger partial charge in [0.05, 0.1) is 21.2 Å². The number of benzene rings is 3. The van der Waals surface area contributed by atoms with Crippen molar-refractivity contribution in [1.82, 2.24) is 5.32 Å². The largest absolute Gasteiger partial charge is 0.417 e. The molecule has 0 aliphatic rings. The standard InChI is InChI=1S/C26H25ClF4N2O3S2/c1-18-3-10-22(11-4-18)38(35,36)33(21-9-12-24(27)23(15-21)26(29,30)31)16-25(34)32-13-2-14-37-17-19-5-7-20(28)8-6-19/h3-12,15H,2,13-14,16-17H2,1H3,(H,32,34). The molecule has 204 valence electrons. The molecule has 0 radical (unpaired) electrons. The van der Waals surface area contributed by atoms with Crippen LogP contribution in [0.15, 0.2) is 71.6 Å². The lowest BCUT2D eigenvalue weighted by Gasteiger charge is -2.25. The number of carbonyl (C=O) groups is 1. The zero-order valence-electron chi connectivity index (χ0n) is 20.3. The quantitative estimate of drug-likeness (QED) is 0.207. The van der Waals surface area contributed by atoms with Crippen LogP contribution in [0, 0.1) is 12.7 Å². The third-order valence-corrected chi connectivity index (χ3v) is 8.64. The third kappa shape index (κ3) is 8.12. The van der Waals surface area contributed by atoms with E-state index < -0.39 is 39.2 Å². The molecule has 0 fully saturated rings. The molecule has 1 N–H and O–H groups in total. The number of hydrogen-bond acceptors (Lipinski definition) is 4. The van der Waals surface area contributed by atoms with E-state index in [-0.39, 0.29) is 22.9 Å². The predicted molar refractivity (Wildman–Crippen MR) is 142 cm³/mol. The Bertz CT molecular complexity index is 1350. The van der Waals surface area contributed by atoms with Crippen molar-refractivity contribution in [3.05, 3.63) is 94.3 Å². The first kappa shape index (κ1) is 29.8. The molecular formula is C26H25ClF4N2O3S2. The second-order valence-corrected chi connectivity index (χ2v) is 11.7. The SMILES string of the molecule is Cc1ccc(S(=O)(=O)N(CC(=O)NCCCSCc2ccc(F)cc2)c2ccc(Cl)c(C(F)(F)F)c2)cc1. The van der Waals surface area contributed by atoms with Crippen LogP contribution in [0.3, 0.4) is 0 Å². The summed E-state index contributed by atoms with van der Waals surface area (Å²) >= 11 is 7.29. The average molecular weight is 589 g/mol. The molecule has 38 heavy (non-hydrogen) atoms. The molecule has 5 nitrogen and oxygen atoms in total. The smallest absolute Gasteiger partial charge is 0.354 e. The van der Waals surface area contributed by atoms with Crippen molar-refractivity contribution in [2.24, 2.45) is 0 Å². The maximum absolute atomic E-state index is 13.5. The van der Waals surface area contributed by atoms with Crippen molar-refractivity contribution in [2.75, 3.05) is 23.1 Å². The summed E-state index contributed by atoms with van der Waals surface area (Å²) in [4.78, 5) is 12.5. The lowest BCUT2D eigenvalue weighted by atomic mass is 10.2. The van der Waals surface area contributed by atoms with Gasteiger partial charge in [0.25, 0.3) is 10.0 Å². The first-order valence-corrected chi connectivity index (χ1v) is 14.4. The molecule has 3 aromatic carbocycles. The average Bonchev–Trinajstić information content (AvgIpc) is 2.85. The lowest BCUT2D eigenvalue weighted by Crippen LogP contribution is -2.41. The number of hydrogen-bond donors (Lipinski definition) is 1. The van der Waals surface area contributed by atoms with E-state index in [1.54, 1.807) is 43.0 Å². The summed E-state index contributed by atoms with van der Waals surface area (Å²) in [5, 5.41) is 2.04. The normalized spacial score (nSPS) is 11.8. The number of sulfonamides is 1. The van der Waals surface area contributed by atoms with Gasteiger partial charge in [-0.1, -0.05) is 41.4 Å². The number of aryl methyl sites for hydroxylation is 1. The highest BCUT2D eigenvalue weighted by molar-refractivity contribution is 7.98. The van der Waals surface area contributed by atoms with Gasteiger partial charge < -0.3 is 5.32 Å². The summed E-state index contributed by atoms with van der Waals surface area (Å²) in [5.74, 6) is 0.352. The first-order chi connectivity index (χ1) is 17.9. The van der Waals surface area contributed by atoms with Crippen molar-refractivity contribution in [3.8, 4) is 0 Å². The number of anilines is 1. The Morgan fingerprint density at radius 3 is 2.32 bits per heavy atom. The molecule has 0 unspecified atom stereocenters. The van der Waals surface area contributed by atoms with E-state index in [2.05, 4.69) is 5.32 Å². The molecule has 0 aliphatic heterocycles. The van der Waals surface area contributed by atoms with Crippen LogP contribution in [0.5, 0.6) is 0 Å². The van der Waals surface area contributed by atoms with E-state index in [0.29, 0.717) is 28.3 Å². The minimum Gasteiger partial charge on any atom is -0.354 e. The van der Waals surface area contributed by atoms with Crippen LogP contribution in [-0.4, -0.2) is 33.2 Å². The third-order valence-electron chi connectivity index (χ3n) is 5.41. The summed E-state index contributed by atoms with van der Waals surface area (Å²) in [5.41, 5.74) is 0.196. The minimum atomic E-state index is -4.82. The van der Waals surface area contributed by atoms with Gasteiger partial charge in [-0.25, -0.2) is 12.8 Å². The van der Waals surface area contributed by atoms with Gasteiger partial charge in [-0.15, -0.1) is 0 Å². The summed E-state index contributed by atoms with van der Waals surface area (Å²) in [7, 11) is -4.38. The molecule has 0 aromatic heterocycles. The molecule has 3 rings (SSSR count). The zero-order chi connectivity index (χ0) is 27.9. The van der Waals surface area contributed by atoms with Crippen LogP contribution in [0.4, 0.5) is 23.2 Å². The van der Waals surface area contributed by atoms with Crippen LogP contribution < -0.4 is 9.62 Å². The molecule has 0 saturated carbocycles. The molecular weight excluding hydrogens is 564 g/mol. The Morgan fingerprint density at radius 2 is 1.68 bits per heavy atom. The van der Waals surface area contributed by atoms with Crippen LogP contribution in [0.25, 0.3) is 0 Å². The fraction of sp³-hybridized carbons (Fsp3) is 0.269. The Hall–Kier alpha value is -2.76. The highest BCUT2D eigenvalue weighted by Crippen LogP contribution is 2.38. The van der Waals surface area contributed by atoms with Crippen molar-refractivity contribution in [1.29, 1.82) is 0 Å². The molecule has 1 amide bonds. The van der Waals surface area contributed by atoms with Crippen LogP contribution in [0.1, 0.15) is 23.1 Å².